The first-order chi connectivity index (χ1) is 10.4. The second-order valence-electron chi connectivity index (χ2n) is 4.48. The highest BCUT2D eigenvalue weighted by Gasteiger charge is 2.16. The average molecular weight is 359 g/mol. The molecule has 0 saturated heterocycles. The topological polar surface area (TPSA) is 66.5 Å². The maximum absolute atomic E-state index is 12.0. The molecule has 2 rings (SSSR count). The lowest BCUT2D eigenvalue weighted by molar-refractivity contribution is -0.116. The van der Waals surface area contributed by atoms with Crippen LogP contribution in [-0.4, -0.2) is 27.4 Å². The van der Waals surface area contributed by atoms with Crippen molar-refractivity contribution in [3.63, 3.8) is 0 Å². The number of hydrogen-bond donors (Lipinski definition) is 1. The zero-order chi connectivity index (χ0) is 16.2. The summed E-state index contributed by atoms with van der Waals surface area (Å²) in [5, 5.41) is 2.21. The first kappa shape index (κ1) is 17.0. The standard InChI is InChI=1S/C14H15ClN2O3S2/c1-11(18)17(13-5-2-4-12(15)10-13)8-7-16-22(19,20)14-6-3-9-21-14/h2-6,9-10,16H,7-8H2,1H3. The summed E-state index contributed by atoms with van der Waals surface area (Å²) in [6.07, 6.45) is 0. The maximum Gasteiger partial charge on any atom is 0.250 e. The van der Waals surface area contributed by atoms with Crippen molar-refractivity contribution in [2.75, 3.05) is 18.0 Å². The van der Waals surface area contributed by atoms with Gasteiger partial charge in [0.25, 0.3) is 0 Å². The number of nitrogens with one attached hydrogen (secondary N) is 1. The van der Waals surface area contributed by atoms with E-state index < -0.39 is 10.0 Å². The van der Waals surface area contributed by atoms with Crippen LogP contribution in [0.1, 0.15) is 6.92 Å². The average Bonchev–Trinajstić information content (AvgIpc) is 2.98. The number of halogens is 1. The molecule has 0 aliphatic carbocycles. The van der Waals surface area contributed by atoms with Crippen molar-refractivity contribution >= 4 is 44.6 Å². The highest BCUT2D eigenvalue weighted by Crippen LogP contribution is 2.19. The molecule has 0 unspecified atom stereocenters. The molecule has 1 aromatic carbocycles. The minimum Gasteiger partial charge on any atom is -0.311 e. The molecule has 118 valence electrons. The van der Waals surface area contributed by atoms with Crippen molar-refractivity contribution in [3.05, 3.63) is 46.8 Å². The SMILES string of the molecule is CC(=O)N(CCNS(=O)(=O)c1cccs1)c1cccc(Cl)c1. The molecule has 8 heteroatoms. The van der Waals surface area contributed by atoms with E-state index in [1.54, 1.807) is 35.7 Å². The second kappa shape index (κ2) is 7.23. The van der Waals surface area contributed by atoms with Crippen LogP contribution in [0.3, 0.4) is 0 Å². The van der Waals surface area contributed by atoms with Crippen molar-refractivity contribution in [1.29, 1.82) is 0 Å². The van der Waals surface area contributed by atoms with Crippen LogP contribution in [0.5, 0.6) is 0 Å². The lowest BCUT2D eigenvalue weighted by Crippen LogP contribution is -2.37. The van der Waals surface area contributed by atoms with Gasteiger partial charge in [0.1, 0.15) is 4.21 Å². The van der Waals surface area contributed by atoms with Crippen LogP contribution in [0, 0.1) is 0 Å². The number of hydrogen-bond acceptors (Lipinski definition) is 4. The third kappa shape index (κ3) is 4.30. The van der Waals surface area contributed by atoms with Gasteiger partial charge < -0.3 is 4.90 Å². The van der Waals surface area contributed by atoms with Gasteiger partial charge in [-0.25, -0.2) is 13.1 Å². The van der Waals surface area contributed by atoms with Crippen molar-refractivity contribution in [1.82, 2.24) is 4.72 Å². The quantitative estimate of drug-likeness (QED) is 0.863. The van der Waals surface area contributed by atoms with Gasteiger partial charge >= 0.3 is 0 Å². The molecule has 1 aromatic heterocycles. The Kier molecular flexibility index (Phi) is 5.57. The Morgan fingerprint density at radius 3 is 2.68 bits per heavy atom. The molecular weight excluding hydrogens is 344 g/mol. The number of carbonyl (C=O) groups is 1. The summed E-state index contributed by atoms with van der Waals surface area (Å²) in [4.78, 5) is 13.2. The van der Waals surface area contributed by atoms with Gasteiger partial charge in [-0.2, -0.15) is 0 Å². The summed E-state index contributed by atoms with van der Waals surface area (Å²) in [6, 6.07) is 10.1. The molecule has 2 aromatic rings. The summed E-state index contributed by atoms with van der Waals surface area (Å²) in [5.41, 5.74) is 0.635. The van der Waals surface area contributed by atoms with Crippen molar-refractivity contribution < 1.29 is 13.2 Å². The van der Waals surface area contributed by atoms with E-state index >= 15 is 0 Å². The van der Waals surface area contributed by atoms with E-state index in [1.807, 2.05) is 0 Å². The molecule has 0 aliphatic heterocycles. The minimum atomic E-state index is -3.52. The van der Waals surface area contributed by atoms with E-state index in [4.69, 9.17) is 11.6 Å². The van der Waals surface area contributed by atoms with Crippen molar-refractivity contribution in [3.8, 4) is 0 Å². The van der Waals surface area contributed by atoms with Crippen LogP contribution < -0.4 is 9.62 Å². The molecule has 1 heterocycles. The summed E-state index contributed by atoms with van der Waals surface area (Å²) in [5.74, 6) is -0.183. The van der Waals surface area contributed by atoms with E-state index in [-0.39, 0.29) is 23.2 Å². The van der Waals surface area contributed by atoms with Crippen LogP contribution in [-0.2, 0) is 14.8 Å². The number of anilines is 1. The van der Waals surface area contributed by atoms with E-state index in [0.29, 0.717) is 10.7 Å². The van der Waals surface area contributed by atoms with Crippen LogP contribution in [0.4, 0.5) is 5.69 Å². The van der Waals surface area contributed by atoms with E-state index in [0.717, 1.165) is 11.3 Å². The molecule has 0 fully saturated rings. The maximum atomic E-state index is 12.0. The fourth-order valence-corrected chi connectivity index (χ4v) is 4.13. The largest absolute Gasteiger partial charge is 0.311 e. The van der Waals surface area contributed by atoms with Crippen LogP contribution in [0.2, 0.25) is 5.02 Å². The molecule has 0 saturated carbocycles. The fraction of sp³-hybridized carbons (Fsp3) is 0.214. The molecule has 5 nitrogen and oxygen atoms in total. The molecule has 0 spiro atoms. The Bertz CT molecular complexity index is 745. The number of benzene rings is 1. The summed E-state index contributed by atoms with van der Waals surface area (Å²) in [6.45, 7) is 1.77. The number of carbonyl (C=O) groups excluding carboxylic acids is 1. The predicted molar refractivity (Wildman–Crippen MR) is 89.0 cm³/mol. The molecule has 22 heavy (non-hydrogen) atoms. The molecule has 1 N–H and O–H groups in total. The molecule has 0 bridgehead atoms. The smallest absolute Gasteiger partial charge is 0.250 e. The summed E-state index contributed by atoms with van der Waals surface area (Å²) >= 11 is 7.06. The molecular formula is C14H15ClN2O3S2. The normalized spacial score (nSPS) is 11.4. The van der Waals surface area contributed by atoms with Crippen molar-refractivity contribution in [2.24, 2.45) is 0 Å². The van der Waals surface area contributed by atoms with Crippen LogP contribution in [0.25, 0.3) is 0 Å². The Morgan fingerprint density at radius 1 is 1.32 bits per heavy atom. The van der Waals surface area contributed by atoms with Gasteiger partial charge in [0.2, 0.25) is 15.9 Å². The van der Waals surface area contributed by atoms with E-state index in [1.165, 1.54) is 17.9 Å². The van der Waals surface area contributed by atoms with Gasteiger partial charge in [-0.15, -0.1) is 11.3 Å². The first-order valence-electron chi connectivity index (χ1n) is 6.47. The van der Waals surface area contributed by atoms with Gasteiger partial charge in [0.15, 0.2) is 0 Å². The zero-order valence-electron chi connectivity index (χ0n) is 11.8. The number of nitrogens with zero attached hydrogens (tertiary/aromatic N) is 1. The van der Waals surface area contributed by atoms with Gasteiger partial charge in [0, 0.05) is 30.7 Å². The zero-order valence-corrected chi connectivity index (χ0v) is 14.2. The number of sulfonamides is 1. The van der Waals surface area contributed by atoms with Crippen LogP contribution >= 0.6 is 22.9 Å². The molecule has 0 atom stereocenters. The molecule has 0 aliphatic rings. The lowest BCUT2D eigenvalue weighted by Gasteiger charge is -2.21. The van der Waals surface area contributed by atoms with Gasteiger partial charge in [-0.3, -0.25) is 4.79 Å². The Morgan fingerprint density at radius 2 is 2.09 bits per heavy atom. The van der Waals surface area contributed by atoms with Gasteiger partial charge in [-0.1, -0.05) is 23.7 Å². The minimum absolute atomic E-state index is 0.117. The highest BCUT2D eigenvalue weighted by atomic mass is 35.5. The fourth-order valence-electron chi connectivity index (χ4n) is 1.89. The van der Waals surface area contributed by atoms with Crippen LogP contribution in [0.15, 0.2) is 46.0 Å². The van der Waals surface area contributed by atoms with Gasteiger partial charge in [0.05, 0.1) is 0 Å². The highest BCUT2D eigenvalue weighted by molar-refractivity contribution is 7.91. The Balaban J connectivity index is 2.03. The lowest BCUT2D eigenvalue weighted by atomic mass is 10.3. The third-order valence-corrected chi connectivity index (χ3v) is 5.98. The first-order valence-corrected chi connectivity index (χ1v) is 9.21. The Labute approximate surface area is 138 Å². The monoisotopic (exact) mass is 358 g/mol. The Hall–Kier alpha value is -1.41. The number of rotatable bonds is 6. The predicted octanol–water partition coefficient (Wildman–Crippen LogP) is 2.73. The van der Waals surface area contributed by atoms with E-state index in [9.17, 15) is 13.2 Å². The number of thiophene rings is 1. The number of amides is 1. The summed E-state index contributed by atoms with van der Waals surface area (Å²) < 4.78 is 26.8. The third-order valence-electron chi connectivity index (χ3n) is 2.89. The molecule has 0 radical (unpaired) electrons. The van der Waals surface area contributed by atoms with Gasteiger partial charge in [-0.05, 0) is 29.6 Å². The van der Waals surface area contributed by atoms with E-state index in [2.05, 4.69) is 4.72 Å². The summed E-state index contributed by atoms with van der Waals surface area (Å²) in [7, 11) is -3.52. The second-order valence-corrected chi connectivity index (χ2v) is 7.86. The molecule has 1 amide bonds. The van der Waals surface area contributed by atoms with Crippen molar-refractivity contribution in [2.45, 2.75) is 11.1 Å².